The summed E-state index contributed by atoms with van der Waals surface area (Å²) in [5, 5.41) is 25.3. The number of rotatable bonds is 3. The van der Waals surface area contributed by atoms with E-state index in [-0.39, 0.29) is 33.1 Å². The molecule has 0 unspecified atom stereocenters. The van der Waals surface area contributed by atoms with Crippen LogP contribution >= 0.6 is 0 Å². The predicted octanol–water partition coefficient (Wildman–Crippen LogP) is 12.9. The van der Waals surface area contributed by atoms with Crippen molar-refractivity contribution in [3.05, 3.63) is 143 Å². The van der Waals surface area contributed by atoms with Gasteiger partial charge in [-0.3, -0.25) is 0 Å². The third-order valence-corrected chi connectivity index (χ3v) is 10.5. The third kappa shape index (κ3) is 5.43. The highest BCUT2D eigenvalue weighted by atomic mass is 19.4. The topological polar surface area (TPSA) is 57.4 Å². The Hall–Kier alpha value is -6.31. The first-order valence-electron chi connectivity index (χ1n) is 17.9. The minimum absolute atomic E-state index is 0.111. The second-order valence-corrected chi connectivity index (χ2v) is 16.0. The minimum atomic E-state index is -4.75. The lowest BCUT2D eigenvalue weighted by molar-refractivity contribution is -0.137. The molecule has 0 radical (unpaired) electrons. The van der Waals surface area contributed by atoms with Gasteiger partial charge in [0.2, 0.25) is 0 Å². The zero-order chi connectivity index (χ0) is 38.3. The largest absolute Gasteiger partial charge is 0.417 e. The Labute approximate surface area is 311 Å². The van der Waals surface area contributed by atoms with Gasteiger partial charge in [0.25, 0.3) is 0 Å². The summed E-state index contributed by atoms with van der Waals surface area (Å²) < 4.78 is 48.6. The quantitative estimate of drug-likeness (QED) is 0.183. The molecule has 0 amide bonds. The Bertz CT molecular complexity index is 2760. The monoisotopic (exact) mass is 714 g/mol. The molecule has 0 N–H and O–H groups in total. The van der Waals surface area contributed by atoms with Crippen molar-refractivity contribution in [2.24, 2.45) is 0 Å². The van der Waals surface area contributed by atoms with Gasteiger partial charge in [-0.15, -0.1) is 0 Å². The molecule has 0 aliphatic heterocycles. The highest BCUT2D eigenvalue weighted by Crippen LogP contribution is 2.45. The van der Waals surface area contributed by atoms with Crippen molar-refractivity contribution >= 4 is 43.6 Å². The normalized spacial score (nSPS) is 12.5. The second kappa shape index (κ2) is 12.1. The molecule has 0 aliphatic carbocycles. The first-order chi connectivity index (χ1) is 25.6. The molecule has 266 valence electrons. The number of para-hydroxylation sites is 2. The second-order valence-electron chi connectivity index (χ2n) is 16.0. The van der Waals surface area contributed by atoms with E-state index in [9.17, 15) is 23.7 Å². The molecule has 54 heavy (non-hydrogen) atoms. The van der Waals surface area contributed by atoms with E-state index in [1.165, 1.54) is 12.1 Å². The van der Waals surface area contributed by atoms with Crippen LogP contribution in [-0.4, -0.2) is 9.13 Å². The third-order valence-electron chi connectivity index (χ3n) is 10.5. The number of hydrogen-bond acceptors (Lipinski definition) is 2. The van der Waals surface area contributed by atoms with Gasteiger partial charge in [0.1, 0.15) is 11.6 Å². The number of benzene rings is 6. The molecule has 0 aliphatic rings. The maximum Gasteiger partial charge on any atom is 0.417 e. The summed E-state index contributed by atoms with van der Waals surface area (Å²) in [5.41, 5.74) is 5.25. The lowest BCUT2D eigenvalue weighted by atomic mass is 9.86. The van der Waals surface area contributed by atoms with Gasteiger partial charge in [-0.25, -0.2) is 0 Å². The van der Waals surface area contributed by atoms with Crippen molar-refractivity contribution in [1.82, 2.24) is 9.13 Å². The Kier molecular flexibility index (Phi) is 7.80. The lowest BCUT2D eigenvalue weighted by Crippen LogP contribution is -2.11. The molecular formula is C47H37F3N4. The molecule has 0 spiro atoms. The standard InChI is InChI=1S/C47H37F3N4/c1-45(2,3)30-18-20-40-34(24-30)32-13-7-9-16-38(32)53(40)42-22-29(44-28(26-51)12-11-15-37(44)47(48,49)50)23-43(36(42)27-52)54-39-17-10-8-14-33(39)35-25-31(46(4,5)6)19-21-41(35)54/h7-25H,1-6H3. The van der Waals surface area contributed by atoms with E-state index in [4.69, 9.17) is 0 Å². The predicted molar refractivity (Wildman–Crippen MR) is 212 cm³/mol. The van der Waals surface area contributed by atoms with Crippen LogP contribution in [0.5, 0.6) is 0 Å². The SMILES string of the molecule is CC(C)(C)c1ccc2c(c1)c1ccccc1n2-c1cc(-c2c(C#N)cccc2C(F)(F)F)cc(-n2c3ccccc3c3cc(C(C)(C)C)ccc32)c1C#N. The first-order valence-corrected chi connectivity index (χ1v) is 17.9. The molecule has 2 aromatic heterocycles. The van der Waals surface area contributed by atoms with E-state index >= 15 is 0 Å². The fraction of sp³-hybridized carbons (Fsp3) is 0.191. The number of alkyl halides is 3. The van der Waals surface area contributed by atoms with Crippen molar-refractivity contribution in [3.8, 4) is 34.6 Å². The number of halogens is 3. The van der Waals surface area contributed by atoms with Crippen LogP contribution in [0.25, 0.3) is 66.1 Å². The summed E-state index contributed by atoms with van der Waals surface area (Å²) in [4.78, 5) is 0. The van der Waals surface area contributed by atoms with Gasteiger partial charge >= 0.3 is 6.18 Å². The van der Waals surface area contributed by atoms with Crippen LogP contribution in [0.15, 0.2) is 115 Å². The molecule has 8 rings (SSSR count). The van der Waals surface area contributed by atoms with Gasteiger partial charge in [0, 0.05) is 27.1 Å². The maximum atomic E-state index is 14.9. The molecule has 2 heterocycles. The number of aromatic nitrogens is 2. The Balaban J connectivity index is 1.58. The van der Waals surface area contributed by atoms with E-state index < -0.39 is 11.7 Å². The van der Waals surface area contributed by atoms with Crippen LogP contribution in [0.4, 0.5) is 13.2 Å². The molecular weight excluding hydrogens is 678 g/mol. The van der Waals surface area contributed by atoms with E-state index in [0.717, 1.165) is 60.8 Å². The van der Waals surface area contributed by atoms with Gasteiger partial charge in [-0.05, 0) is 88.2 Å². The van der Waals surface area contributed by atoms with E-state index in [2.05, 4.69) is 71.9 Å². The summed E-state index contributed by atoms with van der Waals surface area (Å²) in [5.74, 6) is 0. The van der Waals surface area contributed by atoms with Crippen LogP contribution in [0.3, 0.4) is 0 Å². The Morgan fingerprint density at radius 2 is 0.963 bits per heavy atom. The summed E-state index contributed by atoms with van der Waals surface area (Å²) in [6, 6.07) is 39.8. The fourth-order valence-corrected chi connectivity index (χ4v) is 7.81. The number of fused-ring (bicyclic) bond motifs is 6. The van der Waals surface area contributed by atoms with E-state index in [0.29, 0.717) is 11.4 Å². The molecule has 0 saturated carbocycles. The van der Waals surface area contributed by atoms with Crippen LogP contribution in [0.1, 0.15) is 69.4 Å². The van der Waals surface area contributed by atoms with Crippen molar-refractivity contribution in [3.63, 3.8) is 0 Å². The van der Waals surface area contributed by atoms with Crippen LogP contribution in [0, 0.1) is 22.7 Å². The number of nitriles is 2. The zero-order valence-corrected chi connectivity index (χ0v) is 30.9. The van der Waals surface area contributed by atoms with Gasteiger partial charge in [0.15, 0.2) is 0 Å². The van der Waals surface area contributed by atoms with Gasteiger partial charge in [-0.1, -0.05) is 96.1 Å². The minimum Gasteiger partial charge on any atom is -0.308 e. The first kappa shape index (κ1) is 34.8. The van der Waals surface area contributed by atoms with Crippen LogP contribution in [0.2, 0.25) is 0 Å². The molecule has 7 heteroatoms. The van der Waals surface area contributed by atoms with E-state index in [1.807, 2.05) is 75.9 Å². The molecule has 0 bridgehead atoms. The smallest absolute Gasteiger partial charge is 0.308 e. The molecule has 4 nitrogen and oxygen atoms in total. The summed E-state index contributed by atoms with van der Waals surface area (Å²) >= 11 is 0. The van der Waals surface area contributed by atoms with Gasteiger partial charge in [-0.2, -0.15) is 23.7 Å². The Morgan fingerprint density at radius 3 is 1.39 bits per heavy atom. The lowest BCUT2D eigenvalue weighted by Gasteiger charge is -2.21. The highest BCUT2D eigenvalue weighted by molar-refractivity contribution is 6.11. The highest BCUT2D eigenvalue weighted by Gasteiger charge is 2.35. The summed E-state index contributed by atoms with van der Waals surface area (Å²) in [6.07, 6.45) is -4.75. The molecule has 0 saturated heterocycles. The average molecular weight is 715 g/mol. The van der Waals surface area contributed by atoms with Crippen molar-refractivity contribution in [2.45, 2.75) is 58.5 Å². The van der Waals surface area contributed by atoms with Gasteiger partial charge in [0.05, 0.1) is 50.6 Å². The van der Waals surface area contributed by atoms with Crippen molar-refractivity contribution in [2.75, 3.05) is 0 Å². The van der Waals surface area contributed by atoms with Crippen molar-refractivity contribution < 1.29 is 13.2 Å². The fourth-order valence-electron chi connectivity index (χ4n) is 7.81. The summed E-state index contributed by atoms with van der Waals surface area (Å²) in [6.45, 7) is 12.9. The van der Waals surface area contributed by atoms with Crippen LogP contribution < -0.4 is 0 Å². The molecule has 6 aromatic carbocycles. The molecule has 0 atom stereocenters. The molecule has 0 fully saturated rings. The molecule has 8 aromatic rings. The number of nitrogens with zero attached hydrogens (tertiary/aromatic N) is 4. The number of hydrogen-bond donors (Lipinski definition) is 0. The van der Waals surface area contributed by atoms with Crippen molar-refractivity contribution in [1.29, 1.82) is 10.5 Å². The summed E-state index contributed by atoms with van der Waals surface area (Å²) in [7, 11) is 0. The maximum absolute atomic E-state index is 14.9. The van der Waals surface area contributed by atoms with E-state index in [1.54, 1.807) is 12.1 Å². The average Bonchev–Trinajstić information content (AvgIpc) is 3.65. The van der Waals surface area contributed by atoms with Crippen LogP contribution in [-0.2, 0) is 17.0 Å². The van der Waals surface area contributed by atoms with Gasteiger partial charge < -0.3 is 9.13 Å². The zero-order valence-electron chi connectivity index (χ0n) is 30.9. The Morgan fingerprint density at radius 1 is 0.500 bits per heavy atom.